The van der Waals surface area contributed by atoms with E-state index in [0.717, 1.165) is 25.0 Å². The number of carbonyl (C=O) groups excluding carboxylic acids is 2. The van der Waals surface area contributed by atoms with Crippen LogP contribution in [0.4, 0.5) is 5.82 Å². The van der Waals surface area contributed by atoms with Gasteiger partial charge in [0, 0.05) is 19.3 Å². The van der Waals surface area contributed by atoms with Gasteiger partial charge in [0.1, 0.15) is 5.82 Å². The minimum Gasteiger partial charge on any atom is -0.376 e. The summed E-state index contributed by atoms with van der Waals surface area (Å²) < 4.78 is 5.45. The van der Waals surface area contributed by atoms with Crippen LogP contribution in [0.25, 0.3) is 0 Å². The van der Waals surface area contributed by atoms with E-state index in [2.05, 4.69) is 15.6 Å². The molecule has 23 heavy (non-hydrogen) atoms. The molecule has 1 aliphatic heterocycles. The first-order valence-electron chi connectivity index (χ1n) is 7.82. The molecule has 2 amide bonds. The zero-order valence-corrected chi connectivity index (χ0v) is 13.7. The van der Waals surface area contributed by atoms with Crippen molar-refractivity contribution in [1.82, 2.24) is 15.2 Å². The molecule has 126 valence electrons. The van der Waals surface area contributed by atoms with Crippen LogP contribution in [0.1, 0.15) is 18.4 Å². The first-order chi connectivity index (χ1) is 11.0. The van der Waals surface area contributed by atoms with Gasteiger partial charge in [-0.1, -0.05) is 0 Å². The Labute approximate surface area is 136 Å². The number of aryl methyl sites for hydroxylation is 1. The molecule has 2 heterocycles. The zero-order chi connectivity index (χ0) is 16.7. The lowest BCUT2D eigenvalue weighted by Crippen LogP contribution is -2.41. The molecule has 1 fully saturated rings. The van der Waals surface area contributed by atoms with Crippen LogP contribution >= 0.6 is 0 Å². The second kappa shape index (κ2) is 8.59. The molecule has 0 bridgehead atoms. The number of hydrogen-bond donors (Lipinski definition) is 2. The summed E-state index contributed by atoms with van der Waals surface area (Å²) in [4.78, 5) is 29.5. The molecule has 0 spiro atoms. The fourth-order valence-electron chi connectivity index (χ4n) is 2.42. The van der Waals surface area contributed by atoms with Crippen molar-refractivity contribution in [3.63, 3.8) is 0 Å². The van der Waals surface area contributed by atoms with Crippen LogP contribution in [-0.2, 0) is 14.3 Å². The SMILES string of the molecule is Cc1ccnc(NC(=O)CN(C)CC(=O)NC[C@H]2CCCO2)c1. The van der Waals surface area contributed by atoms with E-state index in [1.807, 2.05) is 13.0 Å². The third-order valence-corrected chi connectivity index (χ3v) is 3.56. The van der Waals surface area contributed by atoms with Crippen LogP contribution in [0.5, 0.6) is 0 Å². The van der Waals surface area contributed by atoms with E-state index in [1.165, 1.54) is 0 Å². The van der Waals surface area contributed by atoms with E-state index in [9.17, 15) is 9.59 Å². The second-order valence-corrected chi connectivity index (χ2v) is 5.88. The highest BCUT2D eigenvalue weighted by atomic mass is 16.5. The summed E-state index contributed by atoms with van der Waals surface area (Å²) in [5, 5.41) is 5.56. The molecule has 0 unspecified atom stereocenters. The summed E-state index contributed by atoms with van der Waals surface area (Å²) in [6, 6.07) is 3.66. The number of aromatic nitrogens is 1. The third-order valence-electron chi connectivity index (χ3n) is 3.56. The van der Waals surface area contributed by atoms with Crippen LogP contribution in [0.15, 0.2) is 18.3 Å². The highest BCUT2D eigenvalue weighted by Crippen LogP contribution is 2.10. The maximum absolute atomic E-state index is 11.9. The molecule has 1 saturated heterocycles. The number of anilines is 1. The second-order valence-electron chi connectivity index (χ2n) is 5.88. The predicted molar refractivity (Wildman–Crippen MR) is 87.1 cm³/mol. The maximum atomic E-state index is 11.9. The van der Waals surface area contributed by atoms with Gasteiger partial charge >= 0.3 is 0 Å². The Morgan fingerprint density at radius 3 is 2.87 bits per heavy atom. The Bertz CT molecular complexity index is 544. The van der Waals surface area contributed by atoms with Crippen LogP contribution in [0.2, 0.25) is 0 Å². The Morgan fingerprint density at radius 1 is 1.39 bits per heavy atom. The average Bonchev–Trinajstić information content (AvgIpc) is 2.98. The lowest BCUT2D eigenvalue weighted by atomic mass is 10.2. The van der Waals surface area contributed by atoms with Gasteiger partial charge in [-0.05, 0) is 44.5 Å². The van der Waals surface area contributed by atoms with E-state index in [1.54, 1.807) is 24.2 Å². The number of hydrogen-bond acceptors (Lipinski definition) is 5. The van der Waals surface area contributed by atoms with Crippen molar-refractivity contribution in [2.24, 2.45) is 0 Å². The van der Waals surface area contributed by atoms with Gasteiger partial charge in [-0.2, -0.15) is 0 Å². The number of carbonyl (C=O) groups is 2. The Morgan fingerprint density at radius 2 is 2.17 bits per heavy atom. The monoisotopic (exact) mass is 320 g/mol. The predicted octanol–water partition coefficient (Wildman–Crippen LogP) is 0.556. The molecule has 1 atom stereocenters. The minimum absolute atomic E-state index is 0.107. The van der Waals surface area contributed by atoms with Crippen molar-refractivity contribution in [2.75, 3.05) is 38.6 Å². The van der Waals surface area contributed by atoms with Gasteiger partial charge in [-0.3, -0.25) is 14.5 Å². The molecular formula is C16H24N4O3. The standard InChI is InChI=1S/C16H24N4O3/c1-12-5-6-17-14(8-12)19-16(22)11-20(2)10-15(21)18-9-13-4-3-7-23-13/h5-6,8,13H,3-4,7,9-11H2,1-2H3,(H,18,21)(H,17,19,22)/t13-/m1/s1. The van der Waals surface area contributed by atoms with Gasteiger partial charge < -0.3 is 15.4 Å². The molecular weight excluding hydrogens is 296 g/mol. The van der Waals surface area contributed by atoms with Crippen LogP contribution in [-0.4, -0.2) is 61.1 Å². The molecule has 0 radical (unpaired) electrons. The molecule has 2 N–H and O–H groups in total. The van der Waals surface area contributed by atoms with Gasteiger partial charge in [0.05, 0.1) is 19.2 Å². The number of ether oxygens (including phenoxy) is 1. The van der Waals surface area contributed by atoms with Gasteiger partial charge in [0.25, 0.3) is 0 Å². The van der Waals surface area contributed by atoms with E-state index in [0.29, 0.717) is 12.4 Å². The van der Waals surface area contributed by atoms with Crippen molar-refractivity contribution < 1.29 is 14.3 Å². The van der Waals surface area contributed by atoms with Gasteiger partial charge in [-0.25, -0.2) is 4.98 Å². The van der Waals surface area contributed by atoms with Crippen molar-refractivity contribution >= 4 is 17.6 Å². The van der Waals surface area contributed by atoms with E-state index in [-0.39, 0.29) is 31.0 Å². The highest BCUT2D eigenvalue weighted by molar-refractivity contribution is 5.91. The largest absolute Gasteiger partial charge is 0.376 e. The minimum atomic E-state index is -0.197. The van der Waals surface area contributed by atoms with Gasteiger partial charge in [0.2, 0.25) is 11.8 Å². The molecule has 0 aromatic carbocycles. The summed E-state index contributed by atoms with van der Waals surface area (Å²) in [6.45, 7) is 3.53. The van der Waals surface area contributed by atoms with Gasteiger partial charge in [-0.15, -0.1) is 0 Å². The summed E-state index contributed by atoms with van der Waals surface area (Å²) in [6.07, 6.45) is 3.81. The number of nitrogens with one attached hydrogen (secondary N) is 2. The molecule has 0 aliphatic carbocycles. The molecule has 7 nitrogen and oxygen atoms in total. The molecule has 2 rings (SSSR count). The van der Waals surface area contributed by atoms with Crippen LogP contribution < -0.4 is 10.6 Å². The Kier molecular flexibility index (Phi) is 6.49. The fraction of sp³-hybridized carbons (Fsp3) is 0.562. The quantitative estimate of drug-likeness (QED) is 0.767. The van der Waals surface area contributed by atoms with Crippen LogP contribution in [0.3, 0.4) is 0 Å². The number of amides is 2. The Hall–Kier alpha value is -1.99. The zero-order valence-electron chi connectivity index (χ0n) is 13.7. The number of pyridine rings is 1. The third kappa shape index (κ3) is 6.33. The molecule has 1 aromatic rings. The summed E-state index contributed by atoms with van der Waals surface area (Å²) in [5.74, 6) is 0.216. The summed E-state index contributed by atoms with van der Waals surface area (Å²) >= 11 is 0. The smallest absolute Gasteiger partial charge is 0.239 e. The van der Waals surface area contributed by atoms with Crippen molar-refractivity contribution in [3.8, 4) is 0 Å². The molecule has 1 aromatic heterocycles. The van der Waals surface area contributed by atoms with Gasteiger partial charge in [0.15, 0.2) is 0 Å². The maximum Gasteiger partial charge on any atom is 0.239 e. The molecule has 0 saturated carbocycles. The topological polar surface area (TPSA) is 83.6 Å². The lowest BCUT2D eigenvalue weighted by Gasteiger charge is -2.17. The van der Waals surface area contributed by atoms with Crippen molar-refractivity contribution in [2.45, 2.75) is 25.9 Å². The van der Waals surface area contributed by atoms with Crippen molar-refractivity contribution in [1.29, 1.82) is 0 Å². The first kappa shape index (κ1) is 17.4. The summed E-state index contributed by atoms with van der Waals surface area (Å²) in [5.41, 5.74) is 1.03. The highest BCUT2D eigenvalue weighted by Gasteiger charge is 2.17. The normalized spacial score (nSPS) is 17.3. The number of nitrogens with zero attached hydrogens (tertiary/aromatic N) is 2. The Balaban J connectivity index is 1.67. The first-order valence-corrected chi connectivity index (χ1v) is 7.82. The van der Waals surface area contributed by atoms with Crippen molar-refractivity contribution in [3.05, 3.63) is 23.9 Å². The number of rotatable bonds is 7. The van der Waals surface area contributed by atoms with E-state index >= 15 is 0 Å². The molecule has 1 aliphatic rings. The van der Waals surface area contributed by atoms with E-state index < -0.39 is 0 Å². The fourth-order valence-corrected chi connectivity index (χ4v) is 2.42. The van der Waals surface area contributed by atoms with Crippen LogP contribution in [0, 0.1) is 6.92 Å². The average molecular weight is 320 g/mol. The number of likely N-dealkylation sites (N-methyl/N-ethyl adjacent to an activating group) is 1. The summed E-state index contributed by atoms with van der Waals surface area (Å²) in [7, 11) is 1.73. The lowest BCUT2D eigenvalue weighted by molar-refractivity contribution is -0.123. The molecule has 7 heteroatoms. The van der Waals surface area contributed by atoms with E-state index in [4.69, 9.17) is 4.74 Å².